The summed E-state index contributed by atoms with van der Waals surface area (Å²) in [7, 11) is 0. The maximum absolute atomic E-state index is 12.0. The van der Waals surface area contributed by atoms with E-state index >= 15 is 0 Å². The Labute approximate surface area is 109 Å². The molecule has 2 N–H and O–H groups in total. The van der Waals surface area contributed by atoms with Crippen molar-refractivity contribution >= 4 is 18.3 Å². The number of carbonyl (C=O) groups excluding carboxylic acids is 1. The van der Waals surface area contributed by atoms with E-state index in [2.05, 4.69) is 0 Å². The van der Waals surface area contributed by atoms with Crippen LogP contribution in [-0.2, 0) is 11.3 Å². The van der Waals surface area contributed by atoms with E-state index in [4.69, 9.17) is 10.2 Å². The predicted molar refractivity (Wildman–Crippen MR) is 69.9 cm³/mol. The summed E-state index contributed by atoms with van der Waals surface area (Å²) < 4.78 is 4.98. The Morgan fingerprint density at radius 2 is 2.24 bits per heavy atom. The maximum Gasteiger partial charge on any atom is 0.239 e. The molecule has 17 heavy (non-hydrogen) atoms. The summed E-state index contributed by atoms with van der Waals surface area (Å²) in [5.41, 5.74) is 6.82. The quantitative estimate of drug-likeness (QED) is 0.853. The molecule has 0 saturated heterocycles. The number of furan rings is 1. The van der Waals surface area contributed by atoms with Gasteiger partial charge in [-0.05, 0) is 19.4 Å². The van der Waals surface area contributed by atoms with Crippen molar-refractivity contribution in [2.24, 2.45) is 5.73 Å². The standard InChI is InChI=1S/C12H20N2O2.ClH/c1-3-5-11(13)12(15)14(4-2)8-10-6-7-16-9-10;/h6-7,9,11H,3-5,8,13H2,1-2H3;1H. The molecule has 0 spiro atoms. The SMILES string of the molecule is CCCC(N)C(=O)N(CC)Cc1ccoc1.Cl. The van der Waals surface area contributed by atoms with Crippen molar-refractivity contribution in [2.45, 2.75) is 39.3 Å². The van der Waals surface area contributed by atoms with Gasteiger partial charge in [-0.15, -0.1) is 12.4 Å². The third-order valence-corrected chi connectivity index (χ3v) is 2.56. The van der Waals surface area contributed by atoms with Crippen LogP contribution in [0.25, 0.3) is 0 Å². The molecule has 0 aliphatic heterocycles. The minimum atomic E-state index is -0.378. The highest BCUT2D eigenvalue weighted by Gasteiger charge is 2.19. The van der Waals surface area contributed by atoms with Gasteiger partial charge in [-0.2, -0.15) is 0 Å². The number of carbonyl (C=O) groups is 1. The summed E-state index contributed by atoms with van der Waals surface area (Å²) in [6.07, 6.45) is 4.93. The fraction of sp³-hybridized carbons (Fsp3) is 0.583. The Balaban J connectivity index is 0.00000256. The molecule has 1 aromatic heterocycles. The second-order valence-electron chi connectivity index (χ2n) is 3.88. The van der Waals surface area contributed by atoms with Crippen molar-refractivity contribution in [1.29, 1.82) is 0 Å². The second-order valence-corrected chi connectivity index (χ2v) is 3.88. The Morgan fingerprint density at radius 3 is 2.71 bits per heavy atom. The first-order chi connectivity index (χ1) is 7.69. The van der Waals surface area contributed by atoms with Gasteiger partial charge in [0.2, 0.25) is 5.91 Å². The lowest BCUT2D eigenvalue weighted by atomic mass is 10.1. The average molecular weight is 261 g/mol. The first kappa shape index (κ1) is 16.0. The smallest absolute Gasteiger partial charge is 0.239 e. The van der Waals surface area contributed by atoms with Gasteiger partial charge in [0.15, 0.2) is 0 Å². The van der Waals surface area contributed by atoms with Crippen LogP contribution in [-0.4, -0.2) is 23.4 Å². The summed E-state index contributed by atoms with van der Waals surface area (Å²) in [5.74, 6) is 0.0190. The third kappa shape index (κ3) is 4.79. The molecule has 0 bridgehead atoms. The summed E-state index contributed by atoms with van der Waals surface area (Å²) in [6.45, 7) is 5.22. The summed E-state index contributed by atoms with van der Waals surface area (Å²) in [4.78, 5) is 13.7. The molecule has 0 saturated carbocycles. The number of hydrogen-bond acceptors (Lipinski definition) is 3. The molecule has 0 aliphatic carbocycles. The molecule has 1 amide bonds. The molecule has 5 heteroatoms. The molecule has 1 atom stereocenters. The Kier molecular flexibility index (Phi) is 7.66. The maximum atomic E-state index is 12.0. The highest BCUT2D eigenvalue weighted by Crippen LogP contribution is 2.08. The van der Waals surface area contributed by atoms with Gasteiger partial charge in [0.1, 0.15) is 0 Å². The van der Waals surface area contributed by atoms with Crippen molar-refractivity contribution in [2.75, 3.05) is 6.54 Å². The summed E-state index contributed by atoms with van der Waals surface area (Å²) >= 11 is 0. The van der Waals surface area contributed by atoms with Gasteiger partial charge < -0.3 is 15.1 Å². The largest absolute Gasteiger partial charge is 0.472 e. The first-order valence-electron chi connectivity index (χ1n) is 5.74. The number of nitrogens with zero attached hydrogens (tertiary/aromatic N) is 1. The molecule has 1 aromatic rings. The fourth-order valence-electron chi connectivity index (χ4n) is 1.62. The van der Waals surface area contributed by atoms with Gasteiger partial charge in [0, 0.05) is 18.7 Å². The number of likely N-dealkylation sites (N-methyl/N-ethyl adjacent to an activating group) is 1. The summed E-state index contributed by atoms with van der Waals surface area (Å²) in [6, 6.07) is 1.48. The van der Waals surface area contributed by atoms with E-state index in [1.807, 2.05) is 19.9 Å². The monoisotopic (exact) mass is 260 g/mol. The van der Waals surface area contributed by atoms with Crippen LogP contribution in [0.4, 0.5) is 0 Å². The minimum Gasteiger partial charge on any atom is -0.472 e. The van der Waals surface area contributed by atoms with Crippen molar-refractivity contribution in [3.8, 4) is 0 Å². The number of halogens is 1. The number of amides is 1. The minimum absolute atomic E-state index is 0. The van der Waals surface area contributed by atoms with Crippen molar-refractivity contribution in [3.63, 3.8) is 0 Å². The third-order valence-electron chi connectivity index (χ3n) is 2.56. The van der Waals surface area contributed by atoms with Crippen LogP contribution >= 0.6 is 12.4 Å². The lowest BCUT2D eigenvalue weighted by Gasteiger charge is -2.23. The zero-order chi connectivity index (χ0) is 12.0. The molecular weight excluding hydrogens is 240 g/mol. The molecule has 0 aromatic carbocycles. The zero-order valence-corrected chi connectivity index (χ0v) is 11.2. The highest BCUT2D eigenvalue weighted by molar-refractivity contribution is 5.85. The van der Waals surface area contributed by atoms with Gasteiger partial charge >= 0.3 is 0 Å². The highest BCUT2D eigenvalue weighted by atomic mass is 35.5. The van der Waals surface area contributed by atoms with Gasteiger partial charge in [-0.1, -0.05) is 13.3 Å². The van der Waals surface area contributed by atoms with E-state index in [0.29, 0.717) is 13.1 Å². The van der Waals surface area contributed by atoms with Crippen LogP contribution in [0.2, 0.25) is 0 Å². The van der Waals surface area contributed by atoms with E-state index in [-0.39, 0.29) is 24.4 Å². The summed E-state index contributed by atoms with van der Waals surface area (Å²) in [5, 5.41) is 0. The van der Waals surface area contributed by atoms with E-state index in [0.717, 1.165) is 18.4 Å². The Hall–Kier alpha value is -1.00. The van der Waals surface area contributed by atoms with Gasteiger partial charge in [-0.3, -0.25) is 4.79 Å². The van der Waals surface area contributed by atoms with Crippen LogP contribution < -0.4 is 5.73 Å². The number of hydrogen-bond donors (Lipinski definition) is 1. The van der Waals surface area contributed by atoms with Crippen LogP contribution in [0.1, 0.15) is 32.3 Å². The van der Waals surface area contributed by atoms with Gasteiger partial charge in [-0.25, -0.2) is 0 Å². The van der Waals surface area contributed by atoms with E-state index in [1.54, 1.807) is 17.4 Å². The van der Waals surface area contributed by atoms with Crippen LogP contribution in [0.3, 0.4) is 0 Å². The fourth-order valence-corrected chi connectivity index (χ4v) is 1.62. The predicted octanol–water partition coefficient (Wildman–Crippen LogP) is 2.18. The van der Waals surface area contributed by atoms with Crippen molar-refractivity contribution in [3.05, 3.63) is 24.2 Å². The Bertz CT molecular complexity index is 314. The van der Waals surface area contributed by atoms with Gasteiger partial charge in [0.25, 0.3) is 0 Å². The molecule has 4 nitrogen and oxygen atoms in total. The molecular formula is C12H21ClN2O2. The van der Waals surface area contributed by atoms with E-state index < -0.39 is 0 Å². The molecule has 98 valence electrons. The topological polar surface area (TPSA) is 59.5 Å². The second kappa shape index (κ2) is 8.14. The van der Waals surface area contributed by atoms with E-state index in [9.17, 15) is 4.79 Å². The average Bonchev–Trinajstić information content (AvgIpc) is 2.78. The molecule has 0 fully saturated rings. The van der Waals surface area contributed by atoms with E-state index in [1.165, 1.54) is 0 Å². The van der Waals surface area contributed by atoms with Crippen molar-refractivity contribution < 1.29 is 9.21 Å². The zero-order valence-electron chi connectivity index (χ0n) is 10.4. The molecule has 1 unspecified atom stereocenters. The molecule has 0 radical (unpaired) electrons. The molecule has 1 rings (SSSR count). The molecule has 1 heterocycles. The normalized spacial score (nSPS) is 11.7. The number of rotatable bonds is 6. The Morgan fingerprint density at radius 1 is 1.53 bits per heavy atom. The molecule has 0 aliphatic rings. The van der Waals surface area contributed by atoms with Gasteiger partial charge in [0.05, 0.1) is 18.6 Å². The lowest BCUT2D eigenvalue weighted by Crippen LogP contribution is -2.43. The number of nitrogens with two attached hydrogens (primary N) is 1. The van der Waals surface area contributed by atoms with Crippen LogP contribution in [0.5, 0.6) is 0 Å². The van der Waals surface area contributed by atoms with Crippen LogP contribution in [0, 0.1) is 0 Å². The first-order valence-corrected chi connectivity index (χ1v) is 5.74. The lowest BCUT2D eigenvalue weighted by molar-refractivity contribution is -0.133. The van der Waals surface area contributed by atoms with Crippen LogP contribution in [0.15, 0.2) is 23.0 Å². The van der Waals surface area contributed by atoms with Crippen molar-refractivity contribution in [1.82, 2.24) is 4.90 Å².